The van der Waals surface area contributed by atoms with E-state index < -0.39 is 17.7 Å². The lowest BCUT2D eigenvalue weighted by molar-refractivity contribution is -0.914. The molecule has 2 atom stereocenters. The molecule has 0 radical (unpaired) electrons. The largest absolute Gasteiger partial charge is 0.453 e. The Labute approximate surface area is 234 Å². The first-order valence-corrected chi connectivity index (χ1v) is 13.3. The Kier molecular flexibility index (Phi) is 6.64. The van der Waals surface area contributed by atoms with E-state index in [9.17, 15) is 18.4 Å². The van der Waals surface area contributed by atoms with Gasteiger partial charge in [-0.3, -0.25) is 10.1 Å². The molecule has 2 N–H and O–H groups in total. The number of hydrogen-bond acceptors (Lipinski definition) is 5. The van der Waals surface area contributed by atoms with Gasteiger partial charge in [0.05, 0.1) is 18.4 Å². The predicted octanol–water partition coefficient (Wildman–Crippen LogP) is 5.37. The Morgan fingerprint density at radius 2 is 1.95 bits per heavy atom. The van der Waals surface area contributed by atoms with Crippen LogP contribution in [0.5, 0.6) is 0 Å². The molecule has 0 aliphatic carbocycles. The van der Waals surface area contributed by atoms with Gasteiger partial charge >= 0.3 is 6.09 Å². The molecule has 0 saturated carbocycles. The molecule has 2 aromatic heterocycles. The predicted molar refractivity (Wildman–Crippen MR) is 146 cm³/mol. The number of imidazole rings is 1. The second-order valence-electron chi connectivity index (χ2n) is 10.3. The summed E-state index contributed by atoms with van der Waals surface area (Å²) < 4.78 is 37.1. The van der Waals surface area contributed by atoms with Crippen molar-refractivity contribution < 1.29 is 32.8 Å². The third-order valence-corrected chi connectivity index (χ3v) is 7.66. The van der Waals surface area contributed by atoms with E-state index in [2.05, 4.69) is 10.6 Å². The SMILES string of the molecule is COC(=O)Nc1ccc2c(c1)NC(=O)[C@@H](C)CCC[C@@H]1c3nc-2c(C)n3O[n+]2cc(-c3c(F)cccc3F)ccc21. The molecule has 9 nitrogen and oxygen atoms in total. The Balaban J connectivity index is 1.49. The van der Waals surface area contributed by atoms with Gasteiger partial charge in [0.25, 0.3) is 5.82 Å². The second-order valence-corrected chi connectivity index (χ2v) is 10.3. The summed E-state index contributed by atoms with van der Waals surface area (Å²) in [7, 11) is 1.27. The Morgan fingerprint density at radius 3 is 2.71 bits per heavy atom. The summed E-state index contributed by atoms with van der Waals surface area (Å²) in [6.07, 6.45) is 2.98. The van der Waals surface area contributed by atoms with E-state index in [1.165, 1.54) is 30.0 Å². The number of rotatable bonds is 2. The van der Waals surface area contributed by atoms with Gasteiger partial charge in [-0.2, -0.15) is 0 Å². The van der Waals surface area contributed by atoms with Crippen molar-refractivity contribution in [3.8, 4) is 22.4 Å². The topological polar surface area (TPSA) is 98.4 Å². The Morgan fingerprint density at radius 1 is 1.17 bits per heavy atom. The summed E-state index contributed by atoms with van der Waals surface area (Å²) in [5.74, 6) is -1.26. The lowest BCUT2D eigenvalue weighted by Gasteiger charge is -2.21. The average Bonchev–Trinajstić information content (AvgIpc) is 3.27. The summed E-state index contributed by atoms with van der Waals surface area (Å²) in [6.45, 7) is 3.73. The molecule has 6 rings (SSSR count). The highest BCUT2D eigenvalue weighted by molar-refractivity contribution is 5.98. The summed E-state index contributed by atoms with van der Waals surface area (Å²) >= 11 is 0. The van der Waals surface area contributed by atoms with Gasteiger partial charge in [-0.25, -0.2) is 18.6 Å². The molecule has 2 aromatic carbocycles. The fraction of sp³-hybridized carbons (Fsp3) is 0.267. The third kappa shape index (κ3) is 4.66. The Hall–Kier alpha value is -4.80. The van der Waals surface area contributed by atoms with Crippen LogP contribution in [0.15, 0.2) is 54.7 Å². The minimum atomic E-state index is -0.665. The van der Waals surface area contributed by atoms with E-state index in [0.717, 1.165) is 12.1 Å². The van der Waals surface area contributed by atoms with Crippen LogP contribution >= 0.6 is 0 Å². The molecule has 2 amide bonds. The van der Waals surface area contributed by atoms with Gasteiger partial charge in [-0.05, 0) is 64.8 Å². The average molecular weight is 561 g/mol. The van der Waals surface area contributed by atoms with Gasteiger partial charge in [0, 0.05) is 29.7 Å². The van der Waals surface area contributed by atoms with Gasteiger partial charge in [0.15, 0.2) is 11.4 Å². The molecule has 0 fully saturated rings. The fourth-order valence-corrected chi connectivity index (χ4v) is 5.45. The molecule has 11 heteroatoms. The smallest absolute Gasteiger partial charge is 0.411 e. The fourth-order valence-electron chi connectivity index (χ4n) is 5.45. The number of carbonyl (C=O) groups excluding carboxylic acids is 2. The minimum absolute atomic E-state index is 0.133. The van der Waals surface area contributed by atoms with Crippen LogP contribution in [0, 0.1) is 24.5 Å². The number of pyridine rings is 1. The molecule has 2 bridgehead atoms. The summed E-state index contributed by atoms with van der Waals surface area (Å²) in [5.41, 5.74) is 3.81. The van der Waals surface area contributed by atoms with Crippen LogP contribution in [0.4, 0.5) is 25.0 Å². The molecule has 2 aliphatic rings. The molecule has 0 saturated heterocycles. The van der Waals surface area contributed by atoms with Crippen LogP contribution in [0.25, 0.3) is 22.4 Å². The molecular formula is C30H28F2N5O4+. The van der Waals surface area contributed by atoms with E-state index in [1.54, 1.807) is 41.3 Å². The van der Waals surface area contributed by atoms with E-state index >= 15 is 0 Å². The number of anilines is 2. The maximum Gasteiger partial charge on any atom is 0.411 e. The number of aromatic nitrogens is 3. The highest BCUT2D eigenvalue weighted by atomic mass is 19.1. The number of carbonyl (C=O) groups is 2. The molecule has 41 heavy (non-hydrogen) atoms. The normalized spacial score (nSPS) is 17.6. The van der Waals surface area contributed by atoms with Crippen molar-refractivity contribution in [2.45, 2.75) is 39.0 Å². The Bertz CT molecular complexity index is 1680. The number of fused-ring (bicyclic) bond motifs is 5. The molecule has 4 aromatic rings. The molecule has 0 unspecified atom stereocenters. The zero-order valence-corrected chi connectivity index (χ0v) is 22.7. The number of methoxy groups -OCH3 is 1. The first-order chi connectivity index (χ1) is 19.7. The molecule has 4 heterocycles. The maximum atomic E-state index is 14.6. The van der Waals surface area contributed by atoms with Gasteiger partial charge in [0.2, 0.25) is 5.91 Å². The van der Waals surface area contributed by atoms with Crippen molar-refractivity contribution in [2.75, 3.05) is 17.7 Å². The van der Waals surface area contributed by atoms with Gasteiger partial charge in [-0.15, -0.1) is 4.94 Å². The van der Waals surface area contributed by atoms with Crippen LogP contribution in [0.3, 0.4) is 0 Å². The van der Waals surface area contributed by atoms with E-state index in [1.807, 2.05) is 13.8 Å². The molecular weight excluding hydrogens is 532 g/mol. The number of benzene rings is 2. The second kappa shape index (κ2) is 10.3. The van der Waals surface area contributed by atoms with Crippen LogP contribution in [-0.4, -0.2) is 28.8 Å². The van der Waals surface area contributed by atoms with E-state index in [0.29, 0.717) is 52.6 Å². The van der Waals surface area contributed by atoms with Gasteiger partial charge in [-0.1, -0.05) is 19.4 Å². The number of hydrogen-bond donors (Lipinski definition) is 2. The quantitative estimate of drug-likeness (QED) is 0.322. The molecule has 0 spiro atoms. The number of nitrogens with one attached hydrogen (secondary N) is 2. The molecule has 210 valence electrons. The zero-order valence-electron chi connectivity index (χ0n) is 22.7. The van der Waals surface area contributed by atoms with Crippen molar-refractivity contribution >= 4 is 23.4 Å². The monoisotopic (exact) mass is 560 g/mol. The maximum absolute atomic E-state index is 14.6. The van der Waals surface area contributed by atoms with Crippen LogP contribution in [-0.2, 0) is 9.53 Å². The standard InChI is InChI=1S/C30H27F2N5O4/c1-16-6-4-7-21-25-13-10-18(26-22(31)8-5-9-23(26)32)15-36(25)41-37-17(2)27(35-28(21)37)20-12-11-19(33-30(39)40-3)14-24(20)34-29(16)38/h5,8-16,21H,4,6-7H2,1-3H3,(H-,33,34,38,39)/p+1/t16-,21-/m0/s1. The highest BCUT2D eigenvalue weighted by Gasteiger charge is 2.40. The lowest BCUT2D eigenvalue weighted by atomic mass is 9.92. The molecule has 2 aliphatic heterocycles. The first kappa shape index (κ1) is 26.4. The number of halogens is 2. The van der Waals surface area contributed by atoms with Crippen LogP contribution < -0.4 is 20.3 Å². The van der Waals surface area contributed by atoms with Crippen molar-refractivity contribution in [1.29, 1.82) is 0 Å². The van der Waals surface area contributed by atoms with E-state index in [-0.39, 0.29) is 23.3 Å². The highest BCUT2D eigenvalue weighted by Crippen LogP contribution is 2.39. The van der Waals surface area contributed by atoms with Crippen LogP contribution in [0.2, 0.25) is 0 Å². The summed E-state index contributed by atoms with van der Waals surface area (Å²) in [6, 6.07) is 12.4. The first-order valence-electron chi connectivity index (χ1n) is 13.3. The third-order valence-electron chi connectivity index (χ3n) is 7.66. The van der Waals surface area contributed by atoms with Crippen molar-refractivity contribution in [3.05, 3.63) is 83.6 Å². The van der Waals surface area contributed by atoms with Crippen LogP contribution in [0.1, 0.15) is 49.3 Å². The number of nitrogens with zero attached hydrogens (tertiary/aromatic N) is 3. The van der Waals surface area contributed by atoms with E-state index in [4.69, 9.17) is 14.7 Å². The zero-order chi connectivity index (χ0) is 28.8. The summed E-state index contributed by atoms with van der Waals surface area (Å²) in [5, 5.41) is 5.63. The number of amides is 2. The van der Waals surface area contributed by atoms with Crippen molar-refractivity contribution in [2.24, 2.45) is 5.92 Å². The van der Waals surface area contributed by atoms with Crippen molar-refractivity contribution in [3.63, 3.8) is 0 Å². The number of ether oxygens (including phenoxy) is 1. The lowest BCUT2D eigenvalue weighted by Crippen LogP contribution is -2.54. The summed E-state index contributed by atoms with van der Waals surface area (Å²) in [4.78, 5) is 36.2. The van der Waals surface area contributed by atoms with Crippen molar-refractivity contribution in [1.82, 2.24) is 9.71 Å². The van der Waals surface area contributed by atoms with Gasteiger partial charge < -0.3 is 10.1 Å². The van der Waals surface area contributed by atoms with Gasteiger partial charge in [0.1, 0.15) is 29.4 Å². The minimum Gasteiger partial charge on any atom is -0.453 e.